The average molecular weight is 2210 g/mol. The largest absolute Gasteiger partial charge is 0.471 e. The first-order chi connectivity index (χ1) is 64.1. The van der Waals surface area contributed by atoms with Crippen LogP contribution in [0.3, 0.4) is 0 Å². The van der Waals surface area contributed by atoms with Gasteiger partial charge in [-0.1, -0.05) is 136 Å². The molecule has 3 aromatic heterocycles. The predicted molar refractivity (Wildman–Crippen MR) is 566 cm³/mol. The van der Waals surface area contributed by atoms with Crippen molar-refractivity contribution >= 4 is 126 Å². The Balaban J connectivity index is 0.000000333. The first-order valence-electron chi connectivity index (χ1n) is 47.8. The number of halogens is 4. The van der Waals surface area contributed by atoms with Gasteiger partial charge in [-0.25, -0.2) is 28.8 Å². The number of alkyl halides is 3. The van der Waals surface area contributed by atoms with Crippen LogP contribution in [0.4, 0.5) is 56.4 Å². The van der Waals surface area contributed by atoms with Gasteiger partial charge in [0.1, 0.15) is 71.3 Å². The van der Waals surface area contributed by atoms with Crippen LogP contribution in [-0.2, 0) is 72.9 Å². The van der Waals surface area contributed by atoms with E-state index < -0.39 is 174 Å². The lowest BCUT2D eigenvalue weighted by atomic mass is 10.1. The van der Waals surface area contributed by atoms with Gasteiger partial charge in [-0.3, -0.25) is 53.8 Å². The van der Waals surface area contributed by atoms with E-state index in [2.05, 4.69) is 235 Å². The Hall–Kier alpha value is -7.82. The summed E-state index contributed by atoms with van der Waals surface area (Å²) in [6.07, 6.45) is -5.69. The monoisotopic (exact) mass is 2210 g/mol. The number of anilines is 3. The van der Waals surface area contributed by atoms with Crippen molar-refractivity contribution in [1.82, 2.24) is 34.0 Å². The van der Waals surface area contributed by atoms with Gasteiger partial charge in [0.15, 0.2) is 49.9 Å². The SMILES string of the molecule is CC(C)(C)OC(=O)N(Cc1ccc(C#CCNC(=O)C(F)(F)F)cc1[N+](=O)[O-])c1ccn([C@H]2C[C@@H](O[Si](C)(C)C(C)(C)C)[C@@H](CO[Si](C)(C)C(C)(C)C)O2)c(=O)n1.CC(C)(C)OC(=O)N(Cc1ccc(I)cc1[N+](=O)[O-])c1ccn([C@H]2C[C@@H](O[Si](C)(C)C(C)(C)C)[C@@H](CO[Si](C)(C)C(C)(C)C)O2)c(=O)n1.CC(C)(C)OC(=O)Nc1ccn([C@H]2C[C@@H](O[Si](C)(C)C(C)(C)C)[C@@H](CO[Si](C)(C)C(C)(C)C)O2)c(=O)n1. The highest BCUT2D eigenvalue weighted by Crippen LogP contribution is 2.48. The number of nitro benzene ring substituents is 2. The lowest BCUT2D eigenvalue weighted by Gasteiger charge is -2.40. The second kappa shape index (κ2) is 46.3. The molecule has 6 heterocycles. The van der Waals surface area contributed by atoms with Gasteiger partial charge in [-0.05, 0) is 236 Å². The molecule has 0 aliphatic carbocycles. The van der Waals surface area contributed by atoms with Crippen LogP contribution in [0, 0.1) is 35.6 Å². The fourth-order valence-electron chi connectivity index (χ4n) is 12.9. The van der Waals surface area contributed by atoms with E-state index in [4.69, 9.17) is 55.0 Å². The molecule has 9 atom stereocenters. The molecule has 0 radical (unpaired) electrons. The average Bonchev–Trinajstić information content (AvgIpc) is 1.62. The molecule has 796 valence electrons. The molecule has 4 amide bonds. The van der Waals surface area contributed by atoms with Gasteiger partial charge in [0, 0.05) is 70.2 Å². The van der Waals surface area contributed by atoms with E-state index in [1.54, 1.807) is 92.0 Å². The van der Waals surface area contributed by atoms with E-state index in [1.807, 2.05) is 22.6 Å². The minimum atomic E-state index is -5.08. The summed E-state index contributed by atoms with van der Waals surface area (Å²) in [5.41, 5.74) is -4.68. The van der Waals surface area contributed by atoms with Gasteiger partial charge in [-0.15, -0.1) is 0 Å². The van der Waals surface area contributed by atoms with Crippen LogP contribution in [0.25, 0.3) is 0 Å². The van der Waals surface area contributed by atoms with Crippen LogP contribution >= 0.6 is 22.6 Å². The third-order valence-electron chi connectivity index (χ3n) is 27.4. The number of nitrogens with zero attached hydrogens (tertiary/aromatic N) is 10. The molecule has 2 aromatic carbocycles. The molecule has 0 bridgehead atoms. The number of hydrogen-bond acceptors (Lipinski definition) is 26. The lowest BCUT2D eigenvalue weighted by molar-refractivity contribution is -0.385. The Labute approximate surface area is 855 Å². The van der Waals surface area contributed by atoms with Crippen molar-refractivity contribution in [3.8, 4) is 11.8 Å². The number of aromatic nitrogens is 6. The first kappa shape index (κ1) is 123. The maximum Gasteiger partial charge on any atom is 0.471 e. The van der Waals surface area contributed by atoms with Crippen LogP contribution in [-0.4, -0.2) is 199 Å². The molecule has 0 unspecified atom stereocenters. The summed E-state index contributed by atoms with van der Waals surface area (Å²) in [4.78, 5) is 128. The normalized spacial score (nSPS) is 19.4. The van der Waals surface area contributed by atoms with Crippen molar-refractivity contribution in [3.05, 3.63) is 145 Å². The van der Waals surface area contributed by atoms with Crippen molar-refractivity contribution in [1.29, 1.82) is 0 Å². The maximum atomic E-state index is 13.8. The van der Waals surface area contributed by atoms with Crippen LogP contribution in [0.1, 0.15) is 242 Å². The van der Waals surface area contributed by atoms with Crippen molar-refractivity contribution in [2.24, 2.45) is 0 Å². The summed E-state index contributed by atoms with van der Waals surface area (Å²) in [5, 5.41) is 28.0. The molecule has 0 saturated carbocycles. The van der Waals surface area contributed by atoms with Gasteiger partial charge in [0.05, 0.1) is 67.6 Å². The number of nitrogens with one attached hydrogen (secondary N) is 2. The zero-order valence-corrected chi connectivity index (χ0v) is 99.0. The topological polar surface area (TPSA) is 401 Å². The summed E-state index contributed by atoms with van der Waals surface area (Å²) >= 11 is 1.99. The molecule has 45 heteroatoms. The molecule has 142 heavy (non-hydrogen) atoms. The Kier molecular flexibility index (Phi) is 40.1. The van der Waals surface area contributed by atoms with E-state index in [0.717, 1.165) is 15.9 Å². The number of nitro groups is 2. The molecule has 8 rings (SSSR count). The van der Waals surface area contributed by atoms with E-state index in [-0.39, 0.29) is 108 Å². The molecule has 2 N–H and O–H groups in total. The number of ether oxygens (including phenoxy) is 6. The zero-order valence-electron chi connectivity index (χ0n) is 90.9. The minimum Gasteiger partial charge on any atom is -0.444 e. The van der Waals surface area contributed by atoms with E-state index in [1.165, 1.54) is 56.4 Å². The lowest BCUT2D eigenvalue weighted by Crippen LogP contribution is -2.48. The highest BCUT2D eigenvalue weighted by molar-refractivity contribution is 14.1. The second-order valence-corrected chi connectivity index (χ2v) is 78.3. The standard InChI is InChI=1S/C38H56F3N5O9Si2.C33H53IN4O8Si2.C26H49N3O6Si2/c1-35(2,3)54-34(49)45(23-26-17-16-25(21-27(26)46(50)51)15-14-19-42-32(47)38(39,40)41)30-18-20-44(33(48)43-30)31-22-28(55-57(12,13)37(7,8)9)29(53-31)24-52-56(10,11)36(4,5)6;1-31(2,3)45-30(40)37(20-22-14-15-23(34)18-24(22)38(41)42)27-16-17-36(29(39)35-27)28-19-25(46-48(12,13)33(7,8)9)26(44-28)21-43-47(10,11)32(4,5)6;1-24(2,3)34-23(31)28-20-14-15-29(22(30)27-20)21-16-18(35-37(12,13)26(7,8)9)19(33-21)17-32-36(10,11)25(4,5)6/h16-18,20-21,28-29,31H,19,22-24H2,1-13H3,(H,42,47);14-18,25-26,28H,19-21H2,1-13H3;14-15,18-19,21H,16-17H2,1-13H3,(H,27,28,30,31)/t28-,29-,31-;25-,26-,28-;18-,19-,21-/m111/s1. The van der Waals surface area contributed by atoms with Crippen molar-refractivity contribution in [3.63, 3.8) is 0 Å². The summed E-state index contributed by atoms with van der Waals surface area (Å²) < 4.78 is 118. The van der Waals surface area contributed by atoms with Gasteiger partial charge in [-0.2, -0.15) is 28.1 Å². The molecular weight excluding hydrogens is 2050 g/mol. The second-order valence-electron chi connectivity index (χ2n) is 48.4. The van der Waals surface area contributed by atoms with Crippen LogP contribution < -0.4 is 37.5 Å². The quantitative estimate of drug-likeness (QED) is 0.0117. The van der Waals surface area contributed by atoms with Crippen molar-refractivity contribution in [2.45, 2.75) is 406 Å². The first-order valence-corrected chi connectivity index (χ1v) is 66.3. The Bertz CT molecular complexity index is 5510. The van der Waals surface area contributed by atoms with Crippen molar-refractivity contribution in [2.75, 3.05) is 41.5 Å². The van der Waals surface area contributed by atoms with Gasteiger partial charge >= 0.3 is 47.4 Å². The van der Waals surface area contributed by atoms with E-state index in [0.29, 0.717) is 36.0 Å². The summed E-state index contributed by atoms with van der Waals surface area (Å²) in [5.74, 6) is 2.61. The summed E-state index contributed by atoms with van der Waals surface area (Å²) in [6, 6.07) is 13.0. The zero-order chi connectivity index (χ0) is 109. The fourth-order valence-corrected chi connectivity index (χ4v) is 20.5. The highest BCUT2D eigenvalue weighted by atomic mass is 127. The van der Waals surface area contributed by atoms with E-state index in [9.17, 15) is 67.0 Å². The summed E-state index contributed by atoms with van der Waals surface area (Å²) in [6.45, 7) is 80.5. The van der Waals surface area contributed by atoms with Crippen LogP contribution in [0.2, 0.25) is 109 Å². The Morgan fingerprint density at radius 1 is 0.458 bits per heavy atom. The molecule has 3 saturated heterocycles. The third kappa shape index (κ3) is 34.7. The predicted octanol–water partition coefficient (Wildman–Crippen LogP) is 22.5. The van der Waals surface area contributed by atoms with Crippen molar-refractivity contribution < 1.29 is 97.2 Å². The molecular formula is C97H158F3IN12O23Si6. The molecule has 0 spiro atoms. The maximum absolute atomic E-state index is 13.8. The Morgan fingerprint density at radius 3 is 1.06 bits per heavy atom. The number of carbonyl (C=O) groups excluding carboxylic acids is 4. The van der Waals surface area contributed by atoms with Crippen LogP contribution in [0.5, 0.6) is 0 Å². The smallest absolute Gasteiger partial charge is 0.444 e. The Morgan fingerprint density at radius 2 is 0.768 bits per heavy atom. The number of rotatable bonds is 28. The number of amides is 4. The third-order valence-corrected chi connectivity index (χ3v) is 55.0. The molecule has 3 aliphatic rings. The molecule has 5 aromatic rings. The fraction of sp³-hybridized carbons (Fsp3) is 0.691. The minimum absolute atomic E-state index is 0.00299. The molecule has 3 aliphatic heterocycles. The van der Waals surface area contributed by atoms with Gasteiger partial charge in [0.2, 0.25) is 0 Å². The number of carbonyl (C=O) groups is 4. The molecule has 3 fully saturated rings. The van der Waals surface area contributed by atoms with Gasteiger partial charge < -0.3 is 60.3 Å². The van der Waals surface area contributed by atoms with Gasteiger partial charge in [0.25, 0.3) is 11.4 Å². The number of benzene rings is 2. The van der Waals surface area contributed by atoms with Crippen LogP contribution in [0.15, 0.2) is 87.6 Å². The number of hydrogen-bond donors (Lipinski definition) is 2. The highest BCUT2D eigenvalue weighted by Gasteiger charge is 2.52. The van der Waals surface area contributed by atoms with E-state index >= 15 is 0 Å². The summed E-state index contributed by atoms with van der Waals surface area (Å²) in [7, 11) is -12.9. The molecule has 35 nitrogen and oxygen atoms in total.